The van der Waals surface area contributed by atoms with E-state index in [-0.39, 0.29) is 0 Å². The van der Waals surface area contributed by atoms with Crippen LogP contribution in [-0.2, 0) is 9.59 Å². The van der Waals surface area contributed by atoms with Gasteiger partial charge in [-0.15, -0.1) is 0 Å². The monoisotopic (exact) mass is 251 g/mol. The maximum Gasteiger partial charge on any atom is 0.344 e. The molecule has 0 radical (unpaired) electrons. The Morgan fingerprint density at radius 2 is 2.17 bits per heavy atom. The van der Waals surface area contributed by atoms with Gasteiger partial charge < -0.3 is 14.9 Å². The van der Waals surface area contributed by atoms with Crippen molar-refractivity contribution in [2.24, 2.45) is 0 Å². The Hall–Kier alpha value is -2.37. The van der Waals surface area contributed by atoms with E-state index in [1.54, 1.807) is 19.1 Å². The summed E-state index contributed by atoms with van der Waals surface area (Å²) in [6.45, 7) is 1.70. The molecule has 1 rings (SSSR count). The zero-order valence-electron chi connectivity index (χ0n) is 9.74. The van der Waals surface area contributed by atoms with Crippen LogP contribution >= 0.6 is 0 Å². The molecule has 1 heterocycles. The molecule has 2 N–H and O–H groups in total. The van der Waals surface area contributed by atoms with Gasteiger partial charge in [-0.25, -0.2) is 9.59 Å². The summed E-state index contributed by atoms with van der Waals surface area (Å²) in [6.07, 6.45) is 3.09. The maximum absolute atomic E-state index is 10.8. The number of rotatable bonds is 6. The molecule has 0 saturated heterocycles. The summed E-state index contributed by atoms with van der Waals surface area (Å²) in [7, 11) is 0. The Labute approximate surface area is 104 Å². The van der Waals surface area contributed by atoms with Gasteiger partial charge in [0, 0.05) is 6.08 Å². The molecule has 0 bridgehead atoms. The van der Waals surface area contributed by atoms with E-state index in [1.165, 1.54) is 12.3 Å². The summed E-state index contributed by atoms with van der Waals surface area (Å²) in [6, 6.07) is 3.09. The first-order valence-corrected chi connectivity index (χ1v) is 5.29. The van der Waals surface area contributed by atoms with E-state index >= 15 is 0 Å². The minimum Gasteiger partial charge on any atom is -0.479 e. The average molecular weight is 251 g/mol. The Kier molecular flexibility index (Phi) is 4.86. The van der Waals surface area contributed by atoms with Crippen LogP contribution in [0.3, 0.4) is 0 Å². The molecule has 0 saturated carbocycles. The maximum atomic E-state index is 10.8. The topological polar surface area (TPSA) is 96.7 Å². The van der Waals surface area contributed by atoms with Crippen LogP contribution in [0.2, 0.25) is 0 Å². The summed E-state index contributed by atoms with van der Waals surface area (Å²) >= 11 is 0. The average Bonchev–Trinajstić information content (AvgIpc) is 2.34. The first-order chi connectivity index (χ1) is 8.52. The highest BCUT2D eigenvalue weighted by Crippen LogP contribution is 2.13. The summed E-state index contributed by atoms with van der Waals surface area (Å²) in [5.74, 6) is -1.77. The lowest BCUT2D eigenvalue weighted by Gasteiger charge is -2.12. The molecule has 1 aromatic rings. The molecule has 18 heavy (non-hydrogen) atoms. The summed E-state index contributed by atoms with van der Waals surface area (Å²) in [5, 5.41) is 17.2. The SMILES string of the molecule is CCC(Oc1ccc(C=CC(=O)O)nc1)C(=O)O. The molecular formula is C12H13NO5. The number of aromatic nitrogens is 1. The Morgan fingerprint density at radius 3 is 2.61 bits per heavy atom. The molecule has 0 aromatic carbocycles. The van der Waals surface area contributed by atoms with Gasteiger partial charge in [-0.3, -0.25) is 4.98 Å². The second-order valence-electron chi connectivity index (χ2n) is 3.44. The van der Waals surface area contributed by atoms with Gasteiger partial charge >= 0.3 is 11.9 Å². The van der Waals surface area contributed by atoms with Crippen molar-refractivity contribution in [3.63, 3.8) is 0 Å². The second-order valence-corrected chi connectivity index (χ2v) is 3.44. The molecule has 1 atom stereocenters. The molecule has 6 heteroatoms. The molecule has 0 aliphatic heterocycles. The van der Waals surface area contributed by atoms with Gasteiger partial charge in [-0.05, 0) is 24.6 Å². The fourth-order valence-corrected chi connectivity index (χ4v) is 1.19. The molecule has 0 aliphatic carbocycles. The number of aliphatic carboxylic acids is 2. The third-order valence-electron chi connectivity index (χ3n) is 2.08. The van der Waals surface area contributed by atoms with Crippen molar-refractivity contribution >= 4 is 18.0 Å². The summed E-state index contributed by atoms with van der Waals surface area (Å²) in [5.41, 5.74) is 0.452. The minimum atomic E-state index is -1.06. The van der Waals surface area contributed by atoms with E-state index in [1.807, 2.05) is 0 Å². The minimum absolute atomic E-state index is 0.330. The number of carbonyl (C=O) groups is 2. The van der Waals surface area contributed by atoms with E-state index in [2.05, 4.69) is 4.98 Å². The third kappa shape index (κ3) is 4.25. The number of ether oxygens (including phenoxy) is 1. The van der Waals surface area contributed by atoms with Gasteiger partial charge in [-0.1, -0.05) is 6.92 Å². The lowest BCUT2D eigenvalue weighted by molar-refractivity contribution is -0.145. The van der Waals surface area contributed by atoms with Gasteiger partial charge in [0.2, 0.25) is 0 Å². The number of hydrogen-bond acceptors (Lipinski definition) is 4. The van der Waals surface area contributed by atoms with Crippen molar-refractivity contribution in [1.82, 2.24) is 4.98 Å². The van der Waals surface area contributed by atoms with Gasteiger partial charge in [0.05, 0.1) is 11.9 Å². The lowest BCUT2D eigenvalue weighted by atomic mass is 10.3. The predicted molar refractivity (Wildman–Crippen MR) is 63.2 cm³/mol. The molecule has 0 spiro atoms. The van der Waals surface area contributed by atoms with Gasteiger partial charge in [0.1, 0.15) is 5.75 Å². The van der Waals surface area contributed by atoms with Crippen molar-refractivity contribution in [1.29, 1.82) is 0 Å². The second kappa shape index (κ2) is 6.39. The summed E-state index contributed by atoms with van der Waals surface area (Å²) < 4.78 is 5.20. The van der Waals surface area contributed by atoms with Gasteiger partial charge in [0.15, 0.2) is 6.10 Å². The smallest absolute Gasteiger partial charge is 0.344 e. The third-order valence-corrected chi connectivity index (χ3v) is 2.08. The van der Waals surface area contributed by atoms with E-state index in [0.29, 0.717) is 17.9 Å². The van der Waals surface area contributed by atoms with Crippen LogP contribution in [0.25, 0.3) is 6.08 Å². The Morgan fingerprint density at radius 1 is 1.44 bits per heavy atom. The highest BCUT2D eigenvalue weighted by Gasteiger charge is 2.16. The zero-order chi connectivity index (χ0) is 13.5. The van der Waals surface area contributed by atoms with Crippen LogP contribution in [0.15, 0.2) is 24.4 Å². The van der Waals surface area contributed by atoms with Crippen LogP contribution < -0.4 is 4.74 Å². The van der Waals surface area contributed by atoms with E-state index in [9.17, 15) is 9.59 Å². The molecule has 0 fully saturated rings. The Balaban J connectivity index is 2.71. The van der Waals surface area contributed by atoms with Gasteiger partial charge in [0.25, 0.3) is 0 Å². The van der Waals surface area contributed by atoms with Crippen LogP contribution in [0.1, 0.15) is 19.0 Å². The largest absolute Gasteiger partial charge is 0.479 e. The number of pyridine rings is 1. The van der Waals surface area contributed by atoms with Crippen LogP contribution in [-0.4, -0.2) is 33.2 Å². The number of nitrogens with zero attached hydrogens (tertiary/aromatic N) is 1. The fraction of sp³-hybridized carbons (Fsp3) is 0.250. The Bertz CT molecular complexity index is 452. The fourth-order valence-electron chi connectivity index (χ4n) is 1.19. The van der Waals surface area contributed by atoms with Crippen molar-refractivity contribution in [3.05, 3.63) is 30.1 Å². The van der Waals surface area contributed by atoms with Crippen molar-refractivity contribution in [3.8, 4) is 5.75 Å². The van der Waals surface area contributed by atoms with Crippen LogP contribution in [0.4, 0.5) is 0 Å². The van der Waals surface area contributed by atoms with E-state index < -0.39 is 18.0 Å². The normalized spacial score (nSPS) is 12.3. The van der Waals surface area contributed by atoms with E-state index in [0.717, 1.165) is 6.08 Å². The van der Waals surface area contributed by atoms with E-state index in [4.69, 9.17) is 14.9 Å². The summed E-state index contributed by atoms with van der Waals surface area (Å²) in [4.78, 5) is 25.0. The molecule has 6 nitrogen and oxygen atoms in total. The molecule has 0 aliphatic rings. The first kappa shape index (κ1) is 13.7. The number of carboxylic acids is 2. The highest BCUT2D eigenvalue weighted by atomic mass is 16.5. The highest BCUT2D eigenvalue weighted by molar-refractivity contribution is 5.84. The molecule has 1 aromatic heterocycles. The predicted octanol–water partition coefficient (Wildman–Crippen LogP) is 1.42. The standard InChI is InChI=1S/C12H13NO5/c1-2-10(12(16)17)18-9-5-3-8(13-7-9)4-6-11(14)15/h3-7,10H,2H2,1H3,(H,14,15)(H,16,17). The molecular weight excluding hydrogens is 238 g/mol. The quantitative estimate of drug-likeness (QED) is 0.742. The van der Waals surface area contributed by atoms with Crippen molar-refractivity contribution in [2.75, 3.05) is 0 Å². The molecule has 0 amide bonds. The molecule has 1 unspecified atom stereocenters. The van der Waals surface area contributed by atoms with Crippen molar-refractivity contribution < 1.29 is 24.5 Å². The molecule has 96 valence electrons. The first-order valence-electron chi connectivity index (χ1n) is 5.29. The number of hydrogen-bond donors (Lipinski definition) is 2. The van der Waals surface area contributed by atoms with Gasteiger partial charge in [-0.2, -0.15) is 0 Å². The zero-order valence-corrected chi connectivity index (χ0v) is 9.74. The lowest BCUT2D eigenvalue weighted by Crippen LogP contribution is -2.25. The van der Waals surface area contributed by atoms with Crippen molar-refractivity contribution in [2.45, 2.75) is 19.4 Å². The van der Waals surface area contributed by atoms with Crippen LogP contribution in [0.5, 0.6) is 5.75 Å². The number of carboxylic acid groups (broad SMARTS) is 2. The van der Waals surface area contributed by atoms with Crippen LogP contribution in [0, 0.1) is 0 Å².